The Morgan fingerprint density at radius 1 is 1.00 bits per heavy atom. The molecule has 0 radical (unpaired) electrons. The van der Waals surface area contributed by atoms with Crippen LogP contribution in [0.2, 0.25) is 0 Å². The number of nitrogens with zero attached hydrogens (tertiary/aromatic N) is 1. The molecule has 0 saturated heterocycles. The van der Waals surface area contributed by atoms with E-state index in [1.807, 2.05) is 30.3 Å². The van der Waals surface area contributed by atoms with E-state index in [-0.39, 0.29) is 12.5 Å². The summed E-state index contributed by atoms with van der Waals surface area (Å²) >= 11 is 0. The van der Waals surface area contributed by atoms with Gasteiger partial charge in [0.1, 0.15) is 18.2 Å². The van der Waals surface area contributed by atoms with Crippen molar-refractivity contribution in [1.82, 2.24) is 15.5 Å². The fourth-order valence-corrected chi connectivity index (χ4v) is 3.69. The van der Waals surface area contributed by atoms with Crippen molar-refractivity contribution in [3.63, 3.8) is 0 Å². The van der Waals surface area contributed by atoms with Crippen molar-refractivity contribution in [2.45, 2.75) is 65.1 Å². The van der Waals surface area contributed by atoms with Gasteiger partial charge in [-0.2, -0.15) is 0 Å². The summed E-state index contributed by atoms with van der Waals surface area (Å²) < 4.78 is 5.26. The Balaban J connectivity index is 2.35. The average Bonchev–Trinajstić information content (AvgIpc) is 2.85. The number of terminal acetylenes is 1. The first kappa shape index (κ1) is 28.4. The summed E-state index contributed by atoms with van der Waals surface area (Å²) in [5.41, 5.74) is 1.34. The Labute approximate surface area is 214 Å². The minimum absolute atomic E-state index is 0.304. The molecule has 0 spiro atoms. The molecule has 0 heterocycles. The van der Waals surface area contributed by atoms with Crippen LogP contribution in [0.15, 0.2) is 54.6 Å². The highest BCUT2D eigenvalue weighted by Gasteiger charge is 2.32. The van der Waals surface area contributed by atoms with Crippen LogP contribution in [0.4, 0.5) is 4.79 Å². The van der Waals surface area contributed by atoms with E-state index < -0.39 is 23.6 Å². The van der Waals surface area contributed by atoms with Gasteiger partial charge in [0.2, 0.25) is 11.8 Å². The molecule has 192 valence electrons. The molecule has 7 nitrogen and oxygen atoms in total. The molecule has 2 aromatic rings. The quantitative estimate of drug-likeness (QED) is 0.356. The van der Waals surface area contributed by atoms with E-state index in [9.17, 15) is 14.4 Å². The first-order valence-electron chi connectivity index (χ1n) is 12.3. The first-order valence-corrected chi connectivity index (χ1v) is 12.3. The average molecular weight is 492 g/mol. The van der Waals surface area contributed by atoms with Crippen molar-refractivity contribution in [3.8, 4) is 12.3 Å². The number of benzene rings is 2. The van der Waals surface area contributed by atoms with Crippen LogP contribution < -0.4 is 10.6 Å². The number of carbonyl (C=O) groups is 3. The lowest BCUT2D eigenvalue weighted by Crippen LogP contribution is -2.48. The topological polar surface area (TPSA) is 87.7 Å². The first-order chi connectivity index (χ1) is 17.2. The fraction of sp³-hybridized carbons (Fsp3) is 0.414. The van der Waals surface area contributed by atoms with Gasteiger partial charge in [0.15, 0.2) is 0 Å². The lowest BCUT2D eigenvalue weighted by atomic mass is 9.97. The van der Waals surface area contributed by atoms with Gasteiger partial charge in [0.25, 0.3) is 0 Å². The number of hydrogen-bond donors (Lipinski definition) is 2. The van der Waals surface area contributed by atoms with Crippen molar-refractivity contribution in [2.75, 3.05) is 13.1 Å². The normalized spacial score (nSPS) is 11.6. The SMILES string of the molecule is C#Cc1ccccc1C(C(=O)NCc1ccccc1)N(CCCCC)C(=O)CNC(=O)OC(C)(C)C. The third-order valence-corrected chi connectivity index (χ3v) is 5.39. The van der Waals surface area contributed by atoms with Gasteiger partial charge in [-0.05, 0) is 44.4 Å². The third kappa shape index (κ3) is 9.10. The lowest BCUT2D eigenvalue weighted by Gasteiger charge is -2.32. The van der Waals surface area contributed by atoms with Crippen LogP contribution >= 0.6 is 0 Å². The molecule has 7 heteroatoms. The van der Waals surface area contributed by atoms with Crippen molar-refractivity contribution in [3.05, 3.63) is 71.3 Å². The molecule has 1 atom stereocenters. The molecule has 0 aliphatic rings. The minimum atomic E-state index is -0.953. The van der Waals surface area contributed by atoms with Gasteiger partial charge in [0, 0.05) is 18.7 Å². The lowest BCUT2D eigenvalue weighted by molar-refractivity contribution is -0.140. The number of nitrogens with one attached hydrogen (secondary N) is 2. The second-order valence-electron chi connectivity index (χ2n) is 9.49. The summed E-state index contributed by atoms with van der Waals surface area (Å²) in [6, 6.07) is 15.7. The van der Waals surface area contributed by atoms with Crippen LogP contribution in [0.1, 0.15) is 69.7 Å². The van der Waals surface area contributed by atoms with Gasteiger partial charge in [0.05, 0.1) is 0 Å². The van der Waals surface area contributed by atoms with Gasteiger partial charge in [-0.1, -0.05) is 74.2 Å². The van der Waals surface area contributed by atoms with Crippen molar-refractivity contribution >= 4 is 17.9 Å². The Kier molecular flexibility index (Phi) is 11.0. The summed E-state index contributed by atoms with van der Waals surface area (Å²) in [4.78, 5) is 40.7. The van der Waals surface area contributed by atoms with Gasteiger partial charge < -0.3 is 20.3 Å². The highest BCUT2D eigenvalue weighted by atomic mass is 16.6. The van der Waals surface area contributed by atoms with Gasteiger partial charge >= 0.3 is 6.09 Å². The summed E-state index contributed by atoms with van der Waals surface area (Å²) in [7, 11) is 0. The Morgan fingerprint density at radius 3 is 2.31 bits per heavy atom. The molecular formula is C29H37N3O4. The minimum Gasteiger partial charge on any atom is -0.444 e. The highest BCUT2D eigenvalue weighted by molar-refractivity contribution is 5.91. The molecule has 2 rings (SSSR count). The molecule has 0 fully saturated rings. The number of unbranched alkanes of at least 4 members (excludes halogenated alkanes) is 2. The van der Waals surface area contributed by atoms with E-state index >= 15 is 0 Å². The Morgan fingerprint density at radius 2 is 1.67 bits per heavy atom. The zero-order valence-electron chi connectivity index (χ0n) is 21.7. The zero-order chi connectivity index (χ0) is 26.6. The molecule has 2 aromatic carbocycles. The molecule has 0 aromatic heterocycles. The maximum absolute atomic E-state index is 13.6. The van der Waals surface area contributed by atoms with E-state index in [0.717, 1.165) is 18.4 Å². The van der Waals surface area contributed by atoms with Crippen LogP contribution in [0.3, 0.4) is 0 Å². The number of hydrogen-bond acceptors (Lipinski definition) is 4. The molecule has 0 saturated carbocycles. The number of alkyl carbamates (subject to hydrolysis) is 1. The van der Waals surface area contributed by atoms with Crippen molar-refractivity contribution in [1.29, 1.82) is 0 Å². The highest BCUT2D eigenvalue weighted by Crippen LogP contribution is 2.26. The molecule has 1 unspecified atom stereocenters. The van der Waals surface area contributed by atoms with Gasteiger partial charge in [-0.15, -0.1) is 6.42 Å². The fourth-order valence-electron chi connectivity index (χ4n) is 3.69. The maximum atomic E-state index is 13.6. The molecule has 3 amide bonds. The zero-order valence-corrected chi connectivity index (χ0v) is 21.7. The van der Waals surface area contributed by atoms with Gasteiger partial charge in [-0.25, -0.2) is 4.79 Å². The monoisotopic (exact) mass is 491 g/mol. The predicted octanol–water partition coefficient (Wildman–Crippen LogP) is 4.57. The number of ether oxygens (including phenoxy) is 1. The second-order valence-corrected chi connectivity index (χ2v) is 9.49. The van der Waals surface area contributed by atoms with E-state index in [2.05, 4.69) is 23.5 Å². The van der Waals surface area contributed by atoms with Crippen LogP contribution in [0, 0.1) is 12.3 Å². The summed E-state index contributed by atoms with van der Waals surface area (Å²) in [5, 5.41) is 5.47. The maximum Gasteiger partial charge on any atom is 0.408 e. The van der Waals surface area contributed by atoms with Crippen molar-refractivity contribution < 1.29 is 19.1 Å². The van der Waals surface area contributed by atoms with Gasteiger partial charge in [-0.3, -0.25) is 9.59 Å². The van der Waals surface area contributed by atoms with Crippen LogP contribution in [-0.2, 0) is 20.9 Å². The summed E-state index contributed by atoms with van der Waals surface area (Å²) in [6.07, 6.45) is 7.59. The predicted molar refractivity (Wildman–Crippen MR) is 141 cm³/mol. The second kappa shape index (κ2) is 13.9. The largest absolute Gasteiger partial charge is 0.444 e. The van der Waals surface area contributed by atoms with E-state index in [1.54, 1.807) is 45.0 Å². The van der Waals surface area contributed by atoms with Crippen LogP contribution in [-0.4, -0.2) is 41.5 Å². The van der Waals surface area contributed by atoms with E-state index in [0.29, 0.717) is 30.6 Å². The molecule has 36 heavy (non-hydrogen) atoms. The standard InChI is InChI=1S/C29H37N3O4/c1-6-8-14-19-32(25(33)21-31-28(35)36-29(3,4)5)26(24-18-13-12-17-23(24)7-2)27(34)30-20-22-15-10-9-11-16-22/h2,9-13,15-18,26H,6,8,14,19-21H2,1,3-5H3,(H,30,34)(H,31,35). The molecule has 0 aliphatic carbocycles. The molecule has 0 bridgehead atoms. The van der Waals surface area contributed by atoms with Crippen LogP contribution in [0.25, 0.3) is 0 Å². The number of rotatable bonds is 11. The smallest absolute Gasteiger partial charge is 0.408 e. The Hall–Kier alpha value is -3.79. The summed E-state index contributed by atoms with van der Waals surface area (Å²) in [6.45, 7) is 7.64. The summed E-state index contributed by atoms with van der Waals surface area (Å²) in [5.74, 6) is 1.89. The van der Waals surface area contributed by atoms with E-state index in [1.165, 1.54) is 4.90 Å². The van der Waals surface area contributed by atoms with Crippen LogP contribution in [0.5, 0.6) is 0 Å². The molecule has 0 aliphatic heterocycles. The molecular weight excluding hydrogens is 454 g/mol. The number of carbonyl (C=O) groups excluding carboxylic acids is 3. The Bertz CT molecular complexity index is 1050. The molecule has 2 N–H and O–H groups in total. The van der Waals surface area contributed by atoms with Crippen molar-refractivity contribution in [2.24, 2.45) is 0 Å². The number of amides is 3. The van der Waals surface area contributed by atoms with E-state index in [4.69, 9.17) is 11.2 Å². The third-order valence-electron chi connectivity index (χ3n) is 5.39.